The molecule has 1 aromatic rings. The van der Waals surface area contributed by atoms with Crippen LogP contribution in [0.3, 0.4) is 0 Å². The molecule has 1 aliphatic rings. The Bertz CT molecular complexity index is 510. The van der Waals surface area contributed by atoms with Crippen molar-refractivity contribution in [2.45, 2.75) is 45.1 Å². The van der Waals surface area contributed by atoms with E-state index < -0.39 is 5.97 Å². The van der Waals surface area contributed by atoms with Gasteiger partial charge in [-0.25, -0.2) is 9.78 Å². The van der Waals surface area contributed by atoms with E-state index >= 15 is 0 Å². The Hall–Kier alpha value is -1.91. The second-order valence-corrected chi connectivity index (χ2v) is 5.34. The molecule has 1 fully saturated rings. The van der Waals surface area contributed by atoms with Crippen LogP contribution in [0.15, 0.2) is 18.2 Å². The molecule has 0 aromatic carbocycles. The van der Waals surface area contributed by atoms with Crippen LogP contribution in [-0.4, -0.2) is 41.5 Å². The van der Waals surface area contributed by atoms with Crippen molar-refractivity contribution in [1.82, 2.24) is 9.88 Å². The third kappa shape index (κ3) is 3.80. The first-order chi connectivity index (χ1) is 10.1. The van der Waals surface area contributed by atoms with Crippen molar-refractivity contribution < 1.29 is 14.3 Å². The van der Waals surface area contributed by atoms with E-state index in [0.29, 0.717) is 12.3 Å². The van der Waals surface area contributed by atoms with E-state index in [0.717, 1.165) is 12.8 Å². The minimum absolute atomic E-state index is 0.131. The predicted molar refractivity (Wildman–Crippen MR) is 79.2 cm³/mol. The highest BCUT2D eigenvalue weighted by Crippen LogP contribution is 2.22. The standard InChI is InChI=1S/C16H22N2O3/c1-3-21-16(20)14-11-7-10-13(17-14)15(19)18(2)12-8-5-4-6-9-12/h7,10-12H,3-6,8-9H2,1-2H3. The number of amides is 1. The molecule has 0 unspecified atom stereocenters. The topological polar surface area (TPSA) is 59.5 Å². The number of carbonyl (C=O) groups excluding carboxylic acids is 2. The zero-order valence-electron chi connectivity index (χ0n) is 12.7. The van der Waals surface area contributed by atoms with Gasteiger partial charge in [-0.05, 0) is 31.9 Å². The van der Waals surface area contributed by atoms with E-state index in [1.807, 2.05) is 7.05 Å². The summed E-state index contributed by atoms with van der Waals surface area (Å²) in [6.07, 6.45) is 5.66. The first-order valence-electron chi connectivity index (χ1n) is 7.54. The van der Waals surface area contributed by atoms with Gasteiger partial charge in [0.2, 0.25) is 0 Å². The van der Waals surface area contributed by atoms with Gasteiger partial charge in [0.25, 0.3) is 5.91 Å². The zero-order chi connectivity index (χ0) is 15.2. The maximum Gasteiger partial charge on any atom is 0.356 e. The Kier molecular flexibility index (Phi) is 5.31. The van der Waals surface area contributed by atoms with Crippen LogP contribution in [-0.2, 0) is 4.74 Å². The van der Waals surface area contributed by atoms with E-state index in [9.17, 15) is 9.59 Å². The second-order valence-electron chi connectivity index (χ2n) is 5.34. The molecule has 0 bridgehead atoms. The Morgan fingerprint density at radius 1 is 1.24 bits per heavy atom. The molecule has 0 spiro atoms. The molecule has 5 nitrogen and oxygen atoms in total. The average molecular weight is 290 g/mol. The third-order valence-electron chi connectivity index (χ3n) is 3.90. The summed E-state index contributed by atoms with van der Waals surface area (Å²) in [6.45, 7) is 2.03. The predicted octanol–water partition coefficient (Wildman–Crippen LogP) is 2.66. The first kappa shape index (κ1) is 15.5. The molecule has 1 saturated carbocycles. The van der Waals surface area contributed by atoms with Crippen LogP contribution in [0.1, 0.15) is 60.0 Å². The summed E-state index contributed by atoms with van der Waals surface area (Å²) in [5.74, 6) is -0.625. The van der Waals surface area contributed by atoms with Crippen molar-refractivity contribution in [2.24, 2.45) is 0 Å². The van der Waals surface area contributed by atoms with Crippen LogP contribution in [0.5, 0.6) is 0 Å². The van der Waals surface area contributed by atoms with Crippen molar-refractivity contribution in [3.63, 3.8) is 0 Å². The molecule has 114 valence electrons. The Morgan fingerprint density at radius 2 is 1.90 bits per heavy atom. The Morgan fingerprint density at radius 3 is 2.57 bits per heavy atom. The zero-order valence-corrected chi connectivity index (χ0v) is 12.7. The summed E-state index contributed by atoms with van der Waals surface area (Å²) in [5.41, 5.74) is 0.480. The first-order valence-corrected chi connectivity index (χ1v) is 7.54. The van der Waals surface area contributed by atoms with Crippen molar-refractivity contribution in [3.05, 3.63) is 29.6 Å². The number of carbonyl (C=O) groups is 2. The number of hydrogen-bond donors (Lipinski definition) is 0. The Labute approximate surface area is 125 Å². The monoisotopic (exact) mass is 290 g/mol. The highest BCUT2D eigenvalue weighted by atomic mass is 16.5. The molecule has 0 atom stereocenters. The van der Waals surface area contributed by atoms with Crippen molar-refractivity contribution in [1.29, 1.82) is 0 Å². The smallest absolute Gasteiger partial charge is 0.356 e. The lowest BCUT2D eigenvalue weighted by Crippen LogP contribution is -2.38. The van der Waals surface area contributed by atoms with Crippen LogP contribution in [0.25, 0.3) is 0 Å². The Balaban J connectivity index is 2.11. The molecule has 1 aliphatic carbocycles. The van der Waals surface area contributed by atoms with Gasteiger partial charge in [-0.15, -0.1) is 0 Å². The lowest BCUT2D eigenvalue weighted by molar-refractivity contribution is 0.0519. The highest BCUT2D eigenvalue weighted by molar-refractivity contribution is 5.94. The number of rotatable bonds is 4. The molecule has 1 amide bonds. The second kappa shape index (κ2) is 7.20. The molecule has 0 aliphatic heterocycles. The van der Waals surface area contributed by atoms with Gasteiger partial charge in [-0.1, -0.05) is 25.3 Å². The highest BCUT2D eigenvalue weighted by Gasteiger charge is 2.24. The number of pyridine rings is 1. The maximum atomic E-state index is 12.5. The fourth-order valence-corrected chi connectivity index (χ4v) is 2.69. The molecule has 0 radical (unpaired) electrons. The van der Waals surface area contributed by atoms with Gasteiger partial charge in [0.1, 0.15) is 11.4 Å². The largest absolute Gasteiger partial charge is 0.461 e. The third-order valence-corrected chi connectivity index (χ3v) is 3.90. The van der Waals surface area contributed by atoms with Gasteiger partial charge >= 0.3 is 5.97 Å². The van der Waals surface area contributed by atoms with E-state index in [1.54, 1.807) is 30.0 Å². The number of hydrogen-bond acceptors (Lipinski definition) is 4. The lowest BCUT2D eigenvalue weighted by atomic mass is 9.94. The van der Waals surface area contributed by atoms with Gasteiger partial charge in [0.15, 0.2) is 0 Å². The summed E-state index contributed by atoms with van der Waals surface area (Å²) in [5, 5.41) is 0. The van der Waals surface area contributed by atoms with E-state index in [2.05, 4.69) is 4.98 Å². The van der Waals surface area contributed by atoms with E-state index in [1.165, 1.54) is 19.3 Å². The number of nitrogens with zero attached hydrogens (tertiary/aromatic N) is 2. The minimum Gasteiger partial charge on any atom is -0.461 e. The molecular formula is C16H22N2O3. The average Bonchev–Trinajstić information content (AvgIpc) is 2.54. The molecule has 2 rings (SSSR count). The van der Waals surface area contributed by atoms with Crippen LogP contribution in [0.4, 0.5) is 0 Å². The summed E-state index contributed by atoms with van der Waals surface area (Å²) in [7, 11) is 1.82. The lowest BCUT2D eigenvalue weighted by Gasteiger charge is -2.31. The molecular weight excluding hydrogens is 268 g/mol. The quantitative estimate of drug-likeness (QED) is 0.800. The summed E-state index contributed by atoms with van der Waals surface area (Å²) < 4.78 is 4.91. The molecule has 0 saturated heterocycles. The van der Waals surface area contributed by atoms with Gasteiger partial charge in [-0.2, -0.15) is 0 Å². The van der Waals surface area contributed by atoms with Gasteiger partial charge in [-0.3, -0.25) is 4.79 Å². The van der Waals surface area contributed by atoms with Gasteiger partial charge < -0.3 is 9.64 Å². The molecule has 5 heteroatoms. The fraction of sp³-hybridized carbons (Fsp3) is 0.562. The normalized spacial score (nSPS) is 15.5. The van der Waals surface area contributed by atoms with Gasteiger partial charge in [0, 0.05) is 13.1 Å². The number of aromatic nitrogens is 1. The summed E-state index contributed by atoms with van der Waals surface area (Å²) >= 11 is 0. The van der Waals surface area contributed by atoms with Crippen molar-refractivity contribution in [2.75, 3.05) is 13.7 Å². The summed E-state index contributed by atoms with van der Waals surface area (Å²) in [6, 6.07) is 5.15. The van der Waals surface area contributed by atoms with E-state index in [4.69, 9.17) is 4.74 Å². The van der Waals surface area contributed by atoms with Crippen molar-refractivity contribution >= 4 is 11.9 Å². The molecule has 1 aromatic heterocycles. The fourth-order valence-electron chi connectivity index (χ4n) is 2.69. The molecule has 0 N–H and O–H groups in total. The number of esters is 1. The molecule has 1 heterocycles. The van der Waals surface area contributed by atoms with Crippen LogP contribution >= 0.6 is 0 Å². The minimum atomic E-state index is -0.493. The summed E-state index contributed by atoms with van der Waals surface area (Å²) in [4.78, 5) is 30.1. The van der Waals surface area contributed by atoms with Gasteiger partial charge in [0.05, 0.1) is 6.61 Å². The van der Waals surface area contributed by atoms with E-state index in [-0.39, 0.29) is 17.6 Å². The molecule has 21 heavy (non-hydrogen) atoms. The van der Waals surface area contributed by atoms with Crippen LogP contribution in [0, 0.1) is 0 Å². The number of ether oxygens (including phenoxy) is 1. The van der Waals surface area contributed by atoms with Crippen LogP contribution in [0.2, 0.25) is 0 Å². The van der Waals surface area contributed by atoms with Crippen LogP contribution < -0.4 is 0 Å². The SMILES string of the molecule is CCOC(=O)c1cccc(C(=O)N(C)C2CCCCC2)n1. The van der Waals surface area contributed by atoms with Crippen molar-refractivity contribution in [3.8, 4) is 0 Å². The maximum absolute atomic E-state index is 12.5.